The summed E-state index contributed by atoms with van der Waals surface area (Å²) in [4.78, 5) is 61.8. The molecule has 4 aliphatic rings. The van der Waals surface area contributed by atoms with E-state index >= 15 is 0 Å². The van der Waals surface area contributed by atoms with Crippen molar-refractivity contribution in [1.82, 2.24) is 20.0 Å². The van der Waals surface area contributed by atoms with Gasteiger partial charge in [-0.2, -0.15) is 0 Å². The summed E-state index contributed by atoms with van der Waals surface area (Å²) in [6.07, 6.45) is 4.86. The van der Waals surface area contributed by atoms with Crippen molar-refractivity contribution in [2.24, 2.45) is 17.8 Å². The number of aliphatic hydroxyl groups excluding tert-OH is 1. The molecule has 0 unspecified atom stereocenters. The molecule has 1 aromatic rings. The normalized spacial score (nSPS) is 27.1. The Morgan fingerprint density at radius 3 is 2.56 bits per heavy atom. The Kier molecular flexibility index (Phi) is 12.9. The molecule has 0 aromatic heterocycles. The van der Waals surface area contributed by atoms with Gasteiger partial charge in [0.15, 0.2) is 0 Å². The number of esters is 1. The van der Waals surface area contributed by atoms with Crippen LogP contribution in [0.15, 0.2) is 55.6 Å². The second-order valence-corrected chi connectivity index (χ2v) is 14.3. The lowest BCUT2D eigenvalue weighted by Gasteiger charge is -2.40. The van der Waals surface area contributed by atoms with E-state index in [4.69, 9.17) is 14.2 Å². The van der Waals surface area contributed by atoms with E-state index in [1.165, 1.54) is 0 Å². The summed E-state index contributed by atoms with van der Waals surface area (Å²) in [5, 5.41) is 13.7. The molecule has 4 aliphatic heterocycles. The Bertz CT molecular complexity index is 1370. The molecule has 0 aliphatic carbocycles. The van der Waals surface area contributed by atoms with E-state index in [-0.39, 0.29) is 43.9 Å². The number of rotatable bonds is 18. The first-order valence-electron chi connectivity index (χ1n) is 18.1. The molecule has 274 valence electrons. The molecule has 3 amide bonds. The highest BCUT2D eigenvalue weighted by Gasteiger charge is 2.75. The first kappa shape index (κ1) is 37.7. The van der Waals surface area contributed by atoms with Crippen molar-refractivity contribution in [3.8, 4) is 0 Å². The number of likely N-dealkylation sites (tertiary alicyclic amines) is 1. The van der Waals surface area contributed by atoms with Crippen LogP contribution >= 0.6 is 0 Å². The van der Waals surface area contributed by atoms with Crippen LogP contribution in [0.3, 0.4) is 0 Å². The average molecular weight is 695 g/mol. The number of allylic oxidation sites excluding steroid dienone is 1. The van der Waals surface area contributed by atoms with Crippen LogP contribution in [0.1, 0.15) is 57.6 Å². The van der Waals surface area contributed by atoms with E-state index in [0.29, 0.717) is 52.0 Å². The number of fused-ring (bicyclic) bond motifs is 1. The number of carbonyl (C=O) groups is 4. The average Bonchev–Trinajstić information content (AvgIpc) is 3.77. The summed E-state index contributed by atoms with van der Waals surface area (Å²) < 4.78 is 17.8. The van der Waals surface area contributed by atoms with Crippen molar-refractivity contribution in [2.45, 2.75) is 75.8 Å². The van der Waals surface area contributed by atoms with E-state index in [2.05, 4.69) is 23.4 Å². The molecule has 0 saturated carbocycles. The molecule has 4 fully saturated rings. The third kappa shape index (κ3) is 7.98. The lowest BCUT2D eigenvalue weighted by molar-refractivity contribution is -0.151. The predicted octanol–water partition coefficient (Wildman–Crippen LogP) is 2.48. The third-order valence-electron chi connectivity index (χ3n) is 10.6. The summed E-state index contributed by atoms with van der Waals surface area (Å²) >= 11 is 0. The number of amides is 3. The maximum Gasteiger partial charge on any atom is 0.306 e. The van der Waals surface area contributed by atoms with Crippen LogP contribution in [-0.2, 0) is 33.4 Å². The van der Waals surface area contributed by atoms with Gasteiger partial charge in [0, 0.05) is 39.1 Å². The Labute approximate surface area is 295 Å². The lowest BCUT2D eigenvalue weighted by Crippen LogP contribution is -2.59. The van der Waals surface area contributed by atoms with Crippen molar-refractivity contribution < 1.29 is 38.5 Å². The maximum atomic E-state index is 14.8. The first-order valence-corrected chi connectivity index (χ1v) is 18.1. The molecular formula is C38H54N4O8. The van der Waals surface area contributed by atoms with Gasteiger partial charge in [0.1, 0.15) is 18.2 Å². The second kappa shape index (κ2) is 17.1. The molecule has 5 rings (SSSR count). The van der Waals surface area contributed by atoms with Gasteiger partial charge < -0.3 is 34.4 Å². The number of nitrogens with zero attached hydrogens (tertiary/aromatic N) is 3. The Morgan fingerprint density at radius 2 is 1.90 bits per heavy atom. The highest BCUT2D eigenvalue weighted by molar-refractivity contribution is 5.99. The lowest BCUT2D eigenvalue weighted by atomic mass is 9.70. The van der Waals surface area contributed by atoms with Gasteiger partial charge in [0.05, 0.1) is 49.8 Å². The van der Waals surface area contributed by atoms with Crippen molar-refractivity contribution in [3.63, 3.8) is 0 Å². The van der Waals surface area contributed by atoms with Crippen molar-refractivity contribution in [2.75, 3.05) is 59.2 Å². The molecule has 1 spiro atoms. The highest BCUT2D eigenvalue weighted by Crippen LogP contribution is 2.59. The minimum atomic E-state index is -1.22. The van der Waals surface area contributed by atoms with Crippen molar-refractivity contribution in [1.29, 1.82) is 0 Å². The van der Waals surface area contributed by atoms with E-state index in [0.717, 1.165) is 18.7 Å². The van der Waals surface area contributed by atoms with Gasteiger partial charge in [0.25, 0.3) is 0 Å². The minimum absolute atomic E-state index is 0.0817. The number of hydrogen-bond acceptors (Lipinski definition) is 9. The quantitative estimate of drug-likeness (QED) is 0.175. The van der Waals surface area contributed by atoms with Crippen LogP contribution in [0.4, 0.5) is 0 Å². The zero-order valence-corrected chi connectivity index (χ0v) is 29.5. The molecule has 0 radical (unpaired) electrons. The third-order valence-corrected chi connectivity index (χ3v) is 10.6. The van der Waals surface area contributed by atoms with Gasteiger partial charge in [-0.15, -0.1) is 13.2 Å². The van der Waals surface area contributed by atoms with Gasteiger partial charge in [-0.25, -0.2) is 0 Å². The van der Waals surface area contributed by atoms with E-state index < -0.39 is 53.5 Å². The number of hydrogen-bond donors (Lipinski definition) is 2. The summed E-state index contributed by atoms with van der Waals surface area (Å²) in [5.74, 6) is -3.03. The maximum absolute atomic E-state index is 14.8. The van der Waals surface area contributed by atoms with Crippen LogP contribution in [-0.4, -0.2) is 126 Å². The van der Waals surface area contributed by atoms with Gasteiger partial charge in [0.2, 0.25) is 17.7 Å². The molecule has 12 heteroatoms. The van der Waals surface area contributed by atoms with Crippen LogP contribution in [0, 0.1) is 17.8 Å². The number of ether oxygens (including phenoxy) is 3. The van der Waals surface area contributed by atoms with Crippen LogP contribution in [0.5, 0.6) is 0 Å². The van der Waals surface area contributed by atoms with Gasteiger partial charge in [-0.3, -0.25) is 24.1 Å². The standard InChI is InChI=1S/C38H54N4O8/c1-5-7-13-31(44)49-25-29(27-11-9-8-10-12-27)39-35(45)32-30-14-15-38(50-30)33(32)36(46)42(28(24-43)23-26(3)4)34(38)37(47)41(16-6-2)18-17-40-19-21-48-22-20-40/h5-6,8-12,26,28-30,32-34,43H,1-2,7,13-25H2,3-4H3,(H,39,45)/t28-,29+,30-,32+,33+,34-,38+/m1/s1. The SMILES string of the molecule is C=CCCC(=O)OC[C@H](NC(=O)[C@@H]1[C@H]2C(=O)N([C@@H](CO)CC(C)C)[C@H](C(=O)N(CC=C)CCN3CCOCC3)[C@]23CC[C@H]1O3)c1ccccc1. The molecule has 4 saturated heterocycles. The van der Waals surface area contributed by atoms with Gasteiger partial charge >= 0.3 is 5.97 Å². The minimum Gasteiger partial charge on any atom is -0.463 e. The smallest absolute Gasteiger partial charge is 0.306 e. The monoisotopic (exact) mass is 694 g/mol. The number of benzene rings is 1. The number of carbonyl (C=O) groups excluding carboxylic acids is 4. The van der Waals surface area contributed by atoms with Crippen molar-refractivity contribution >= 4 is 23.7 Å². The summed E-state index contributed by atoms with van der Waals surface area (Å²) in [6.45, 7) is 15.4. The van der Waals surface area contributed by atoms with E-state index in [1.807, 2.05) is 44.2 Å². The Morgan fingerprint density at radius 1 is 1.16 bits per heavy atom. The largest absolute Gasteiger partial charge is 0.463 e. The fourth-order valence-electron chi connectivity index (χ4n) is 8.23. The van der Waals surface area contributed by atoms with Crippen LogP contribution < -0.4 is 5.32 Å². The summed E-state index contributed by atoms with van der Waals surface area (Å²) in [6, 6.07) is 6.96. The van der Waals surface area contributed by atoms with Crippen LogP contribution in [0.25, 0.3) is 0 Å². The Hall–Kier alpha value is -3.58. The van der Waals surface area contributed by atoms with E-state index in [9.17, 15) is 24.3 Å². The zero-order valence-electron chi connectivity index (χ0n) is 29.5. The van der Waals surface area contributed by atoms with E-state index in [1.54, 1.807) is 22.0 Å². The van der Waals surface area contributed by atoms with Crippen molar-refractivity contribution in [3.05, 3.63) is 61.2 Å². The molecule has 2 bridgehead atoms. The second-order valence-electron chi connectivity index (χ2n) is 14.3. The number of aliphatic hydroxyl groups is 1. The molecule has 50 heavy (non-hydrogen) atoms. The highest BCUT2D eigenvalue weighted by atomic mass is 16.5. The summed E-state index contributed by atoms with van der Waals surface area (Å²) in [7, 11) is 0. The molecule has 2 N–H and O–H groups in total. The van der Waals surface area contributed by atoms with Gasteiger partial charge in [-0.05, 0) is 37.2 Å². The zero-order chi connectivity index (χ0) is 35.8. The fourth-order valence-corrected chi connectivity index (χ4v) is 8.23. The van der Waals surface area contributed by atoms with Crippen LogP contribution in [0.2, 0.25) is 0 Å². The van der Waals surface area contributed by atoms with Gasteiger partial charge in [-0.1, -0.05) is 56.3 Å². The number of morpholine rings is 1. The molecule has 12 nitrogen and oxygen atoms in total. The molecule has 4 heterocycles. The topological polar surface area (TPSA) is 138 Å². The molecular weight excluding hydrogens is 640 g/mol. The fraction of sp³-hybridized carbons (Fsp3) is 0.632. The first-order chi connectivity index (χ1) is 24.1. The molecule has 1 aromatic carbocycles. The predicted molar refractivity (Wildman–Crippen MR) is 187 cm³/mol. The Balaban J connectivity index is 1.44. The number of nitrogens with one attached hydrogen (secondary N) is 1. The molecule has 7 atom stereocenters. The summed E-state index contributed by atoms with van der Waals surface area (Å²) in [5.41, 5.74) is -0.468.